The fourth-order valence-electron chi connectivity index (χ4n) is 1.97. The number of carbonyl (C=O) groups excluding carboxylic acids is 1. The molecule has 0 fully saturated rings. The minimum atomic E-state index is -0.0733. The first-order valence-electron chi connectivity index (χ1n) is 6.60. The van der Waals surface area contributed by atoms with Crippen LogP contribution in [0.4, 0.5) is 5.69 Å². The van der Waals surface area contributed by atoms with E-state index in [2.05, 4.69) is 4.98 Å². The van der Waals surface area contributed by atoms with E-state index < -0.39 is 0 Å². The number of benzene rings is 1. The molecule has 0 aliphatic carbocycles. The Labute approximate surface area is 130 Å². The summed E-state index contributed by atoms with van der Waals surface area (Å²) in [6.45, 7) is 0.551. The molecule has 5 heteroatoms. The van der Waals surface area contributed by atoms with Gasteiger partial charge in [0, 0.05) is 39.6 Å². The molecule has 0 atom stereocenters. The number of hydrogen-bond acceptors (Lipinski definition) is 3. The van der Waals surface area contributed by atoms with Crippen molar-refractivity contribution in [1.29, 1.82) is 0 Å². The maximum Gasteiger partial charge on any atom is 0.255 e. The largest absolute Gasteiger partial charge is 0.378 e. The molecule has 0 bridgehead atoms. The number of halogens is 1. The van der Waals surface area contributed by atoms with Crippen LogP contribution in [0.25, 0.3) is 0 Å². The Hall–Kier alpha value is -2.07. The van der Waals surface area contributed by atoms with E-state index in [1.165, 1.54) is 6.20 Å². The molecule has 0 saturated carbocycles. The summed E-state index contributed by atoms with van der Waals surface area (Å²) in [6.07, 6.45) is 1.50. The molecule has 1 amide bonds. The lowest BCUT2D eigenvalue weighted by atomic mass is 10.1. The molecule has 0 saturated heterocycles. The zero-order valence-corrected chi connectivity index (χ0v) is 13.1. The molecule has 1 aromatic heterocycles. The van der Waals surface area contributed by atoms with Crippen LogP contribution >= 0.6 is 11.6 Å². The first kappa shape index (κ1) is 15.3. The highest BCUT2D eigenvalue weighted by Gasteiger charge is 2.12. The van der Waals surface area contributed by atoms with Gasteiger partial charge in [-0.2, -0.15) is 0 Å². The van der Waals surface area contributed by atoms with Crippen molar-refractivity contribution >= 4 is 23.2 Å². The van der Waals surface area contributed by atoms with Gasteiger partial charge in [-0.1, -0.05) is 23.7 Å². The van der Waals surface area contributed by atoms with Crippen LogP contribution in [-0.4, -0.2) is 36.9 Å². The minimum Gasteiger partial charge on any atom is -0.378 e. The summed E-state index contributed by atoms with van der Waals surface area (Å²) < 4.78 is 0. The summed E-state index contributed by atoms with van der Waals surface area (Å²) in [4.78, 5) is 19.9. The van der Waals surface area contributed by atoms with Crippen molar-refractivity contribution in [2.24, 2.45) is 0 Å². The van der Waals surface area contributed by atoms with Crippen LogP contribution < -0.4 is 4.90 Å². The zero-order valence-electron chi connectivity index (χ0n) is 12.4. The van der Waals surface area contributed by atoms with E-state index in [0.717, 1.165) is 11.3 Å². The van der Waals surface area contributed by atoms with E-state index in [1.54, 1.807) is 24.1 Å². The molecule has 0 aliphatic rings. The summed E-state index contributed by atoms with van der Waals surface area (Å²) in [5.41, 5.74) is 2.75. The van der Waals surface area contributed by atoms with Gasteiger partial charge in [0.25, 0.3) is 5.91 Å². The fraction of sp³-hybridized carbons (Fsp3) is 0.250. The lowest BCUT2D eigenvalue weighted by Gasteiger charge is -2.18. The van der Waals surface area contributed by atoms with Crippen molar-refractivity contribution in [3.05, 3.63) is 58.9 Å². The molecule has 0 radical (unpaired) electrons. The molecule has 2 aromatic rings. The van der Waals surface area contributed by atoms with Crippen molar-refractivity contribution in [3.63, 3.8) is 0 Å². The van der Waals surface area contributed by atoms with Gasteiger partial charge in [-0.15, -0.1) is 0 Å². The topological polar surface area (TPSA) is 36.4 Å². The average Bonchev–Trinajstić information content (AvgIpc) is 2.47. The van der Waals surface area contributed by atoms with Gasteiger partial charge in [-0.3, -0.25) is 4.79 Å². The Bertz CT molecular complexity index is 608. The second-order valence-corrected chi connectivity index (χ2v) is 5.48. The van der Waals surface area contributed by atoms with Crippen LogP contribution in [0.3, 0.4) is 0 Å². The predicted octanol–water partition coefficient (Wildman–Crippen LogP) is 3.07. The van der Waals surface area contributed by atoms with Gasteiger partial charge < -0.3 is 9.80 Å². The molecule has 1 heterocycles. The quantitative estimate of drug-likeness (QED) is 0.815. The average molecular weight is 304 g/mol. The van der Waals surface area contributed by atoms with Gasteiger partial charge in [0.15, 0.2) is 0 Å². The van der Waals surface area contributed by atoms with E-state index in [9.17, 15) is 4.79 Å². The molecule has 2 rings (SSSR count). The minimum absolute atomic E-state index is 0.0733. The van der Waals surface area contributed by atoms with Gasteiger partial charge in [0.2, 0.25) is 0 Å². The van der Waals surface area contributed by atoms with Crippen LogP contribution in [0.5, 0.6) is 0 Å². The van der Waals surface area contributed by atoms with Crippen LogP contribution in [-0.2, 0) is 6.54 Å². The smallest absolute Gasteiger partial charge is 0.255 e. The summed E-state index contributed by atoms with van der Waals surface area (Å²) in [5, 5.41) is 0.383. The Kier molecular flexibility index (Phi) is 4.81. The van der Waals surface area contributed by atoms with Gasteiger partial charge in [-0.25, -0.2) is 4.98 Å². The maximum absolute atomic E-state index is 12.3. The van der Waals surface area contributed by atoms with E-state index in [0.29, 0.717) is 17.3 Å². The SMILES string of the molecule is CN(Cc1ccc(N(C)C)cc1)C(=O)c1ccc(Cl)nc1. The molecule has 0 N–H and O–H groups in total. The standard InChI is InChI=1S/C16H18ClN3O/c1-19(2)14-7-4-12(5-8-14)11-20(3)16(21)13-6-9-15(17)18-10-13/h4-10H,11H2,1-3H3. The highest BCUT2D eigenvalue weighted by Crippen LogP contribution is 2.14. The van der Waals surface area contributed by atoms with Crippen molar-refractivity contribution in [2.75, 3.05) is 26.0 Å². The summed E-state index contributed by atoms with van der Waals surface area (Å²) >= 11 is 5.73. The Morgan fingerprint density at radius 1 is 1.10 bits per heavy atom. The van der Waals surface area contributed by atoms with Crippen LogP contribution in [0.15, 0.2) is 42.6 Å². The molecule has 0 unspecified atom stereocenters. The molecule has 0 aliphatic heterocycles. The second-order valence-electron chi connectivity index (χ2n) is 5.09. The number of carbonyl (C=O) groups is 1. The van der Waals surface area contributed by atoms with Crippen LogP contribution in [0.2, 0.25) is 5.15 Å². The fourth-order valence-corrected chi connectivity index (χ4v) is 2.08. The molecule has 4 nitrogen and oxygen atoms in total. The van der Waals surface area contributed by atoms with Crippen molar-refractivity contribution in [2.45, 2.75) is 6.54 Å². The number of pyridine rings is 1. The van der Waals surface area contributed by atoms with Gasteiger partial charge in [0.05, 0.1) is 5.56 Å². The normalized spacial score (nSPS) is 10.3. The second kappa shape index (κ2) is 6.59. The summed E-state index contributed by atoms with van der Waals surface area (Å²) in [7, 11) is 5.77. The predicted molar refractivity (Wildman–Crippen MR) is 85.8 cm³/mol. The Balaban J connectivity index is 2.05. The van der Waals surface area contributed by atoms with Crippen molar-refractivity contribution < 1.29 is 4.79 Å². The van der Waals surface area contributed by atoms with Crippen molar-refractivity contribution in [3.8, 4) is 0 Å². The van der Waals surface area contributed by atoms with Gasteiger partial charge in [-0.05, 0) is 29.8 Å². The van der Waals surface area contributed by atoms with Crippen LogP contribution in [0, 0.1) is 0 Å². The highest BCUT2D eigenvalue weighted by molar-refractivity contribution is 6.29. The van der Waals surface area contributed by atoms with E-state index in [1.807, 2.05) is 43.3 Å². The first-order valence-corrected chi connectivity index (χ1v) is 6.98. The molecule has 0 spiro atoms. The van der Waals surface area contributed by atoms with E-state index in [4.69, 9.17) is 11.6 Å². The van der Waals surface area contributed by atoms with Crippen LogP contribution in [0.1, 0.15) is 15.9 Å². The third-order valence-electron chi connectivity index (χ3n) is 3.19. The third-order valence-corrected chi connectivity index (χ3v) is 3.42. The van der Waals surface area contributed by atoms with Gasteiger partial charge in [0.1, 0.15) is 5.15 Å². The zero-order chi connectivity index (χ0) is 15.4. The summed E-state index contributed by atoms with van der Waals surface area (Å²) in [5.74, 6) is -0.0733. The number of aromatic nitrogens is 1. The monoisotopic (exact) mass is 303 g/mol. The third kappa shape index (κ3) is 3.95. The Morgan fingerprint density at radius 3 is 2.29 bits per heavy atom. The van der Waals surface area contributed by atoms with Crippen molar-refractivity contribution in [1.82, 2.24) is 9.88 Å². The highest BCUT2D eigenvalue weighted by atomic mass is 35.5. The number of rotatable bonds is 4. The molecule has 1 aromatic carbocycles. The maximum atomic E-state index is 12.3. The number of anilines is 1. The molecule has 21 heavy (non-hydrogen) atoms. The lowest BCUT2D eigenvalue weighted by Crippen LogP contribution is -2.26. The molecular weight excluding hydrogens is 286 g/mol. The van der Waals surface area contributed by atoms with E-state index in [-0.39, 0.29) is 5.91 Å². The first-order chi connectivity index (χ1) is 9.97. The number of nitrogens with zero attached hydrogens (tertiary/aromatic N) is 3. The summed E-state index contributed by atoms with van der Waals surface area (Å²) in [6, 6.07) is 11.4. The number of amides is 1. The van der Waals surface area contributed by atoms with Gasteiger partial charge >= 0.3 is 0 Å². The molecule has 110 valence electrons. The Morgan fingerprint density at radius 2 is 1.76 bits per heavy atom. The lowest BCUT2D eigenvalue weighted by molar-refractivity contribution is 0.0784. The molecular formula is C16H18ClN3O. The van der Waals surface area contributed by atoms with E-state index >= 15 is 0 Å². The number of hydrogen-bond donors (Lipinski definition) is 0.